The van der Waals surface area contributed by atoms with Crippen molar-refractivity contribution in [2.45, 2.75) is 13.8 Å². The number of halogens is 3. The van der Waals surface area contributed by atoms with Crippen molar-refractivity contribution in [2.24, 2.45) is 0 Å². The van der Waals surface area contributed by atoms with Gasteiger partial charge < -0.3 is 5.32 Å². The Balaban J connectivity index is 2.43. The van der Waals surface area contributed by atoms with E-state index in [2.05, 4.69) is 15.3 Å². The average Bonchev–Trinajstić information content (AvgIpc) is 2.30. The summed E-state index contributed by atoms with van der Waals surface area (Å²) in [6.07, 6.45) is 0. The van der Waals surface area contributed by atoms with Crippen LogP contribution < -0.4 is 5.32 Å². The van der Waals surface area contributed by atoms with Gasteiger partial charge in [0.15, 0.2) is 0 Å². The molecule has 0 aliphatic rings. The quantitative estimate of drug-likeness (QED) is 0.837. The maximum Gasteiger partial charge on any atom is 0.138 e. The van der Waals surface area contributed by atoms with Crippen LogP contribution >= 0.6 is 23.2 Å². The molecule has 1 aromatic carbocycles. The summed E-state index contributed by atoms with van der Waals surface area (Å²) >= 11 is 11.9. The van der Waals surface area contributed by atoms with Crippen molar-refractivity contribution in [3.05, 3.63) is 45.6 Å². The summed E-state index contributed by atoms with van der Waals surface area (Å²) in [5.74, 6) is 0.664. The Hall–Kier alpha value is -1.39. The number of hydrogen-bond donors (Lipinski definition) is 1. The largest absolute Gasteiger partial charge is 0.339 e. The number of nitrogens with one attached hydrogen (secondary N) is 1. The van der Waals surface area contributed by atoms with E-state index in [4.69, 9.17) is 23.2 Å². The van der Waals surface area contributed by atoms with Crippen LogP contribution in [-0.2, 0) is 0 Å². The van der Waals surface area contributed by atoms with E-state index >= 15 is 0 Å². The van der Waals surface area contributed by atoms with Gasteiger partial charge in [-0.25, -0.2) is 14.4 Å². The van der Waals surface area contributed by atoms with Crippen molar-refractivity contribution in [3.63, 3.8) is 0 Å². The zero-order valence-electron chi connectivity index (χ0n) is 9.76. The first-order valence-corrected chi connectivity index (χ1v) is 5.96. The molecular formula is C12H10Cl2FN3. The summed E-state index contributed by atoms with van der Waals surface area (Å²) in [5, 5.41) is 3.72. The van der Waals surface area contributed by atoms with E-state index in [0.717, 1.165) is 0 Å². The minimum Gasteiger partial charge on any atom is -0.339 e. The van der Waals surface area contributed by atoms with E-state index in [1.165, 1.54) is 18.2 Å². The zero-order chi connectivity index (χ0) is 13.3. The third kappa shape index (κ3) is 2.71. The molecule has 0 bridgehead atoms. The molecule has 0 saturated carbocycles. The van der Waals surface area contributed by atoms with Crippen LogP contribution in [0.4, 0.5) is 15.9 Å². The number of benzene rings is 1. The van der Waals surface area contributed by atoms with Crippen LogP contribution in [0.1, 0.15) is 11.4 Å². The molecule has 3 nitrogen and oxygen atoms in total. The predicted molar refractivity (Wildman–Crippen MR) is 71.2 cm³/mol. The molecule has 0 aliphatic carbocycles. The molecule has 0 amide bonds. The molecule has 1 heterocycles. The highest BCUT2D eigenvalue weighted by Gasteiger charge is 2.09. The topological polar surface area (TPSA) is 37.8 Å². The second-order valence-corrected chi connectivity index (χ2v) is 4.55. The molecule has 0 unspecified atom stereocenters. The summed E-state index contributed by atoms with van der Waals surface area (Å²) in [6.45, 7) is 3.50. The molecule has 0 atom stereocenters. The average molecular weight is 286 g/mol. The minimum atomic E-state index is -0.378. The molecule has 94 valence electrons. The van der Waals surface area contributed by atoms with E-state index in [1.807, 2.05) is 0 Å². The molecule has 0 fully saturated rings. The standard InChI is InChI=1S/C12H10Cl2FN3/c1-6-11(14)16-7(2)17-12(6)18-10-5-8(15)3-4-9(10)13/h3-5H,1-2H3,(H,16,17,18). The fraction of sp³-hybridized carbons (Fsp3) is 0.167. The fourth-order valence-corrected chi connectivity index (χ4v) is 1.81. The third-order valence-corrected chi connectivity index (χ3v) is 3.08. The van der Waals surface area contributed by atoms with Crippen molar-refractivity contribution in [3.8, 4) is 0 Å². The number of rotatable bonds is 2. The maximum absolute atomic E-state index is 13.2. The van der Waals surface area contributed by atoms with Gasteiger partial charge in [-0.2, -0.15) is 0 Å². The van der Waals surface area contributed by atoms with Crippen LogP contribution in [0.2, 0.25) is 10.2 Å². The first-order chi connectivity index (χ1) is 8.47. The maximum atomic E-state index is 13.2. The van der Waals surface area contributed by atoms with Gasteiger partial charge in [-0.3, -0.25) is 0 Å². The lowest BCUT2D eigenvalue weighted by Gasteiger charge is -2.11. The summed E-state index contributed by atoms with van der Waals surface area (Å²) in [4.78, 5) is 8.23. The normalized spacial score (nSPS) is 10.5. The minimum absolute atomic E-state index is 0.359. The number of aryl methyl sites for hydroxylation is 1. The van der Waals surface area contributed by atoms with Crippen LogP contribution in [0.5, 0.6) is 0 Å². The molecule has 0 spiro atoms. The Kier molecular flexibility index (Phi) is 3.68. The Labute approximate surface area is 114 Å². The Morgan fingerprint density at radius 3 is 2.61 bits per heavy atom. The predicted octanol–water partition coefficient (Wildman–Crippen LogP) is 4.28. The van der Waals surface area contributed by atoms with Crippen LogP contribution in [0.3, 0.4) is 0 Å². The smallest absolute Gasteiger partial charge is 0.138 e. The van der Waals surface area contributed by atoms with Gasteiger partial charge in [0, 0.05) is 5.56 Å². The zero-order valence-corrected chi connectivity index (χ0v) is 11.3. The van der Waals surface area contributed by atoms with E-state index < -0.39 is 0 Å². The lowest BCUT2D eigenvalue weighted by molar-refractivity contribution is 0.628. The molecule has 0 radical (unpaired) electrons. The first kappa shape index (κ1) is 13.1. The van der Waals surface area contributed by atoms with E-state index in [9.17, 15) is 4.39 Å². The molecule has 2 aromatic rings. The fourth-order valence-electron chi connectivity index (χ4n) is 1.44. The highest BCUT2D eigenvalue weighted by Crippen LogP contribution is 2.28. The lowest BCUT2D eigenvalue weighted by Crippen LogP contribution is -2.01. The molecule has 1 aromatic heterocycles. The number of nitrogens with zero attached hydrogens (tertiary/aromatic N) is 2. The van der Waals surface area contributed by atoms with Crippen LogP contribution in [0.25, 0.3) is 0 Å². The van der Waals surface area contributed by atoms with E-state index in [1.54, 1.807) is 13.8 Å². The molecule has 0 saturated heterocycles. The van der Waals surface area contributed by atoms with Crippen LogP contribution in [-0.4, -0.2) is 9.97 Å². The number of anilines is 2. The summed E-state index contributed by atoms with van der Waals surface area (Å²) in [6, 6.07) is 4.07. The second-order valence-electron chi connectivity index (χ2n) is 3.78. The molecule has 18 heavy (non-hydrogen) atoms. The summed E-state index contributed by atoms with van der Waals surface area (Å²) in [5.41, 5.74) is 1.12. The van der Waals surface area contributed by atoms with Gasteiger partial charge in [0.25, 0.3) is 0 Å². The van der Waals surface area contributed by atoms with Crippen molar-refractivity contribution in [1.29, 1.82) is 0 Å². The van der Waals surface area contributed by atoms with Gasteiger partial charge >= 0.3 is 0 Å². The Morgan fingerprint density at radius 1 is 1.17 bits per heavy atom. The van der Waals surface area contributed by atoms with E-state index in [0.29, 0.717) is 33.1 Å². The highest BCUT2D eigenvalue weighted by atomic mass is 35.5. The molecule has 6 heteroatoms. The van der Waals surface area contributed by atoms with Crippen molar-refractivity contribution < 1.29 is 4.39 Å². The van der Waals surface area contributed by atoms with Gasteiger partial charge in [0.1, 0.15) is 22.6 Å². The van der Waals surface area contributed by atoms with Crippen LogP contribution in [0.15, 0.2) is 18.2 Å². The summed E-state index contributed by atoms with van der Waals surface area (Å²) < 4.78 is 13.2. The molecule has 0 aliphatic heterocycles. The van der Waals surface area contributed by atoms with Gasteiger partial charge in [0.2, 0.25) is 0 Å². The van der Waals surface area contributed by atoms with Gasteiger partial charge in [-0.15, -0.1) is 0 Å². The Bertz CT molecular complexity index is 602. The van der Waals surface area contributed by atoms with Crippen LogP contribution in [0, 0.1) is 19.7 Å². The van der Waals surface area contributed by atoms with Crippen molar-refractivity contribution >= 4 is 34.7 Å². The molecular weight excluding hydrogens is 276 g/mol. The first-order valence-electron chi connectivity index (χ1n) is 5.20. The molecule has 2 rings (SSSR count). The highest BCUT2D eigenvalue weighted by molar-refractivity contribution is 6.33. The number of hydrogen-bond acceptors (Lipinski definition) is 3. The van der Waals surface area contributed by atoms with Gasteiger partial charge in [-0.05, 0) is 32.0 Å². The van der Waals surface area contributed by atoms with Gasteiger partial charge in [-0.1, -0.05) is 23.2 Å². The molecule has 1 N–H and O–H groups in total. The second kappa shape index (κ2) is 5.08. The SMILES string of the molecule is Cc1nc(Cl)c(C)c(Nc2cc(F)ccc2Cl)n1. The number of aromatic nitrogens is 2. The van der Waals surface area contributed by atoms with E-state index in [-0.39, 0.29) is 5.82 Å². The summed E-state index contributed by atoms with van der Waals surface area (Å²) in [7, 11) is 0. The van der Waals surface area contributed by atoms with Crippen molar-refractivity contribution in [2.75, 3.05) is 5.32 Å². The van der Waals surface area contributed by atoms with Gasteiger partial charge in [0.05, 0.1) is 10.7 Å². The Morgan fingerprint density at radius 2 is 1.89 bits per heavy atom. The third-order valence-electron chi connectivity index (χ3n) is 2.38. The monoisotopic (exact) mass is 285 g/mol. The van der Waals surface area contributed by atoms with Crippen molar-refractivity contribution in [1.82, 2.24) is 9.97 Å². The lowest BCUT2D eigenvalue weighted by atomic mass is 10.3.